The topological polar surface area (TPSA) is 42.2 Å². The minimum absolute atomic E-state index is 0.0566. The maximum Gasteiger partial charge on any atom is 0.183 e. The van der Waals surface area contributed by atoms with Crippen molar-refractivity contribution in [3.63, 3.8) is 0 Å². The van der Waals surface area contributed by atoms with Gasteiger partial charge in [-0.05, 0) is 36.8 Å². The number of benzene rings is 1. The summed E-state index contributed by atoms with van der Waals surface area (Å²) in [6.07, 6.45) is 17.4. The largest absolute Gasteiger partial charge is 0.348 e. The Morgan fingerprint density at radius 2 is 1.55 bits per heavy atom. The highest BCUT2D eigenvalue weighted by Gasteiger charge is 2.32. The molecule has 0 atom stereocenters. The molecule has 1 saturated heterocycles. The van der Waals surface area contributed by atoms with Crippen LogP contribution in [0.15, 0.2) is 18.2 Å². The number of nitrogens with zero attached hydrogens (tertiary/aromatic N) is 1. The first kappa shape index (κ1) is 24.2. The highest BCUT2D eigenvalue weighted by molar-refractivity contribution is 5.33. The molecule has 0 spiro atoms. The van der Waals surface area contributed by atoms with Gasteiger partial charge in [0.25, 0.3) is 0 Å². The first-order valence-electron chi connectivity index (χ1n) is 12.6. The first-order valence-corrected chi connectivity index (χ1v) is 12.6. The molecule has 0 unspecified atom stereocenters. The molecule has 0 amide bonds. The van der Waals surface area contributed by atoms with Crippen molar-refractivity contribution in [2.24, 2.45) is 17.8 Å². The van der Waals surface area contributed by atoms with Crippen LogP contribution in [0.4, 0.5) is 4.39 Å². The van der Waals surface area contributed by atoms with E-state index in [0.29, 0.717) is 30.6 Å². The highest BCUT2D eigenvalue weighted by atomic mass is 19.1. The third kappa shape index (κ3) is 7.58. The molecule has 1 heterocycles. The summed E-state index contributed by atoms with van der Waals surface area (Å²) in [6, 6.07) is 6.43. The van der Waals surface area contributed by atoms with Crippen LogP contribution in [-0.4, -0.2) is 13.2 Å². The van der Waals surface area contributed by atoms with Crippen LogP contribution >= 0.6 is 0 Å². The molecule has 1 saturated carbocycles. The van der Waals surface area contributed by atoms with Crippen LogP contribution in [0.1, 0.15) is 108 Å². The standard InChI is InChI=1S/C27H40FNO2/c1-2-3-4-5-6-7-8-9-10-21-11-13-22(14-12-21)25-19-30-27(31-20-25)23-15-16-24(18-29)26(28)17-23/h15-17,21-22,25,27H,2-14,19-20H2,1H3. The van der Waals surface area contributed by atoms with E-state index >= 15 is 0 Å². The molecule has 0 N–H and O–H groups in total. The van der Waals surface area contributed by atoms with E-state index in [1.807, 2.05) is 6.07 Å². The number of unbranched alkanes of at least 4 members (excludes halogenated alkanes) is 7. The number of halogens is 1. The second kappa shape index (κ2) is 13.2. The fraction of sp³-hybridized carbons (Fsp3) is 0.741. The van der Waals surface area contributed by atoms with Gasteiger partial charge >= 0.3 is 0 Å². The maximum absolute atomic E-state index is 13.9. The van der Waals surface area contributed by atoms with Gasteiger partial charge in [0, 0.05) is 11.5 Å². The fourth-order valence-electron chi connectivity index (χ4n) is 5.27. The van der Waals surface area contributed by atoms with Crippen LogP contribution in [0.3, 0.4) is 0 Å². The molecule has 0 bridgehead atoms. The molecular weight excluding hydrogens is 389 g/mol. The summed E-state index contributed by atoms with van der Waals surface area (Å²) >= 11 is 0. The van der Waals surface area contributed by atoms with Crippen molar-refractivity contribution in [1.82, 2.24) is 0 Å². The Balaban J connectivity index is 1.29. The number of nitriles is 1. The van der Waals surface area contributed by atoms with Crippen LogP contribution in [0.5, 0.6) is 0 Å². The third-order valence-corrected chi connectivity index (χ3v) is 7.33. The molecule has 1 aromatic carbocycles. The average molecular weight is 430 g/mol. The zero-order valence-corrected chi connectivity index (χ0v) is 19.3. The Kier molecular flexibility index (Phi) is 10.3. The number of rotatable bonds is 11. The lowest BCUT2D eigenvalue weighted by atomic mass is 9.74. The average Bonchev–Trinajstić information content (AvgIpc) is 2.81. The summed E-state index contributed by atoms with van der Waals surface area (Å²) in [6.45, 7) is 3.64. The van der Waals surface area contributed by atoms with E-state index in [2.05, 4.69) is 6.92 Å². The van der Waals surface area contributed by atoms with E-state index in [4.69, 9.17) is 14.7 Å². The van der Waals surface area contributed by atoms with Crippen molar-refractivity contribution < 1.29 is 13.9 Å². The van der Waals surface area contributed by atoms with Gasteiger partial charge in [0.05, 0.1) is 18.8 Å². The van der Waals surface area contributed by atoms with Crippen molar-refractivity contribution in [1.29, 1.82) is 5.26 Å². The predicted molar refractivity (Wildman–Crippen MR) is 122 cm³/mol. The van der Waals surface area contributed by atoms with E-state index in [1.54, 1.807) is 6.07 Å². The lowest BCUT2D eigenvalue weighted by Gasteiger charge is -2.38. The summed E-state index contributed by atoms with van der Waals surface area (Å²) in [5.74, 6) is 1.54. The summed E-state index contributed by atoms with van der Waals surface area (Å²) in [7, 11) is 0. The van der Waals surface area contributed by atoms with E-state index in [1.165, 1.54) is 95.6 Å². The SMILES string of the molecule is CCCCCCCCCCC1CCC(C2COC(c3ccc(C#N)c(F)c3)OC2)CC1. The normalized spacial score (nSPS) is 26.5. The smallest absolute Gasteiger partial charge is 0.183 e. The van der Waals surface area contributed by atoms with Crippen molar-refractivity contribution in [2.45, 2.75) is 96.7 Å². The molecule has 172 valence electrons. The van der Waals surface area contributed by atoms with Gasteiger partial charge in [-0.2, -0.15) is 5.26 Å². The number of hydrogen-bond donors (Lipinski definition) is 0. The Morgan fingerprint density at radius 3 is 2.16 bits per heavy atom. The summed E-state index contributed by atoms with van der Waals surface area (Å²) < 4.78 is 25.8. The lowest BCUT2D eigenvalue weighted by molar-refractivity contribution is -0.214. The van der Waals surface area contributed by atoms with Gasteiger partial charge in [0.15, 0.2) is 6.29 Å². The Labute approximate surface area is 188 Å². The van der Waals surface area contributed by atoms with Gasteiger partial charge in [0.2, 0.25) is 0 Å². The Bertz CT molecular complexity index is 685. The third-order valence-electron chi connectivity index (χ3n) is 7.33. The van der Waals surface area contributed by atoms with Crippen LogP contribution in [0.2, 0.25) is 0 Å². The molecule has 3 nitrogen and oxygen atoms in total. The monoisotopic (exact) mass is 429 g/mol. The molecule has 0 aromatic heterocycles. The van der Waals surface area contributed by atoms with Gasteiger partial charge in [-0.1, -0.05) is 83.6 Å². The molecule has 4 heteroatoms. The van der Waals surface area contributed by atoms with Crippen molar-refractivity contribution in [3.05, 3.63) is 35.1 Å². The molecule has 1 aliphatic carbocycles. The summed E-state index contributed by atoms with van der Waals surface area (Å²) in [4.78, 5) is 0. The van der Waals surface area contributed by atoms with Crippen molar-refractivity contribution in [3.8, 4) is 6.07 Å². The second-order valence-corrected chi connectivity index (χ2v) is 9.65. The highest BCUT2D eigenvalue weighted by Crippen LogP contribution is 2.39. The molecule has 0 radical (unpaired) electrons. The molecular formula is C27H40FNO2. The fourth-order valence-corrected chi connectivity index (χ4v) is 5.27. The van der Waals surface area contributed by atoms with E-state index in [0.717, 1.165) is 5.92 Å². The van der Waals surface area contributed by atoms with Crippen molar-refractivity contribution >= 4 is 0 Å². The first-order chi connectivity index (χ1) is 15.2. The van der Waals surface area contributed by atoms with Crippen LogP contribution in [0.25, 0.3) is 0 Å². The van der Waals surface area contributed by atoms with E-state index in [9.17, 15) is 4.39 Å². The molecule has 1 aromatic rings. The number of ether oxygens (including phenoxy) is 2. The quantitative estimate of drug-likeness (QED) is 0.338. The van der Waals surface area contributed by atoms with Crippen LogP contribution in [-0.2, 0) is 9.47 Å². The van der Waals surface area contributed by atoms with Crippen LogP contribution < -0.4 is 0 Å². The summed E-state index contributed by atoms with van der Waals surface area (Å²) in [5, 5.41) is 8.87. The zero-order chi connectivity index (χ0) is 21.9. The van der Waals surface area contributed by atoms with Crippen molar-refractivity contribution in [2.75, 3.05) is 13.2 Å². The maximum atomic E-state index is 13.9. The zero-order valence-electron chi connectivity index (χ0n) is 19.3. The van der Waals surface area contributed by atoms with Gasteiger partial charge in [0.1, 0.15) is 11.9 Å². The molecule has 2 aliphatic rings. The van der Waals surface area contributed by atoms with Gasteiger partial charge in [-0.15, -0.1) is 0 Å². The lowest BCUT2D eigenvalue weighted by Crippen LogP contribution is -2.34. The summed E-state index contributed by atoms with van der Waals surface area (Å²) in [5.41, 5.74) is 0.713. The van der Waals surface area contributed by atoms with E-state index in [-0.39, 0.29) is 5.56 Å². The van der Waals surface area contributed by atoms with Gasteiger partial charge in [-0.3, -0.25) is 0 Å². The molecule has 3 rings (SSSR count). The van der Waals surface area contributed by atoms with Gasteiger partial charge in [-0.25, -0.2) is 4.39 Å². The Hall–Kier alpha value is -1.44. The second-order valence-electron chi connectivity index (χ2n) is 9.65. The molecule has 1 aliphatic heterocycles. The predicted octanol–water partition coefficient (Wildman–Crippen LogP) is 7.70. The molecule has 31 heavy (non-hydrogen) atoms. The Morgan fingerprint density at radius 1 is 0.903 bits per heavy atom. The minimum atomic E-state index is -0.517. The van der Waals surface area contributed by atoms with E-state index < -0.39 is 12.1 Å². The minimum Gasteiger partial charge on any atom is -0.348 e. The molecule has 2 fully saturated rings. The number of hydrogen-bond acceptors (Lipinski definition) is 3. The van der Waals surface area contributed by atoms with Crippen LogP contribution in [0, 0.1) is 34.9 Å². The van der Waals surface area contributed by atoms with Gasteiger partial charge < -0.3 is 9.47 Å².